The standard InChI is InChI=1S/C14H14N2O3/c1-10-12(13-16(15-10)7-8-18-13)14(17)19-9-11-5-3-2-4-6-11/h2-6H,7-9H2,1H3. The van der Waals surface area contributed by atoms with Crippen LogP contribution in [-0.4, -0.2) is 22.4 Å². The fourth-order valence-corrected chi connectivity index (χ4v) is 2.12. The molecular weight excluding hydrogens is 244 g/mol. The van der Waals surface area contributed by atoms with Crippen LogP contribution in [0.15, 0.2) is 30.3 Å². The molecule has 0 saturated heterocycles. The van der Waals surface area contributed by atoms with Crippen molar-refractivity contribution in [1.29, 1.82) is 0 Å². The van der Waals surface area contributed by atoms with Crippen LogP contribution in [0.3, 0.4) is 0 Å². The van der Waals surface area contributed by atoms with Crippen molar-refractivity contribution in [2.24, 2.45) is 0 Å². The lowest BCUT2D eigenvalue weighted by Crippen LogP contribution is -2.07. The third kappa shape index (κ3) is 2.19. The van der Waals surface area contributed by atoms with Crippen molar-refractivity contribution in [2.45, 2.75) is 20.1 Å². The molecule has 2 heterocycles. The smallest absolute Gasteiger partial charge is 0.345 e. The van der Waals surface area contributed by atoms with Gasteiger partial charge in [-0.05, 0) is 12.5 Å². The van der Waals surface area contributed by atoms with Gasteiger partial charge in [0, 0.05) is 0 Å². The molecule has 5 heteroatoms. The van der Waals surface area contributed by atoms with Gasteiger partial charge in [-0.25, -0.2) is 9.48 Å². The topological polar surface area (TPSA) is 53.4 Å². The minimum absolute atomic E-state index is 0.254. The number of rotatable bonds is 3. The Balaban J connectivity index is 1.74. The number of aromatic nitrogens is 2. The summed E-state index contributed by atoms with van der Waals surface area (Å²) in [4.78, 5) is 12.1. The number of ether oxygens (including phenoxy) is 2. The number of aryl methyl sites for hydroxylation is 1. The van der Waals surface area contributed by atoms with Gasteiger partial charge in [0.2, 0.25) is 5.88 Å². The van der Waals surface area contributed by atoms with Gasteiger partial charge in [0.05, 0.1) is 12.2 Å². The van der Waals surface area contributed by atoms with Crippen molar-refractivity contribution in [3.8, 4) is 5.88 Å². The van der Waals surface area contributed by atoms with E-state index in [0.717, 1.165) is 5.56 Å². The molecule has 1 aromatic carbocycles. The molecule has 0 N–H and O–H groups in total. The van der Waals surface area contributed by atoms with Crippen molar-refractivity contribution in [3.05, 3.63) is 47.2 Å². The summed E-state index contributed by atoms with van der Waals surface area (Å²) >= 11 is 0. The first-order valence-electron chi connectivity index (χ1n) is 6.17. The largest absolute Gasteiger partial charge is 0.475 e. The lowest BCUT2D eigenvalue weighted by Gasteiger charge is -2.05. The van der Waals surface area contributed by atoms with E-state index in [1.54, 1.807) is 11.6 Å². The van der Waals surface area contributed by atoms with Crippen LogP contribution in [-0.2, 0) is 17.9 Å². The Morgan fingerprint density at radius 2 is 2.21 bits per heavy atom. The van der Waals surface area contributed by atoms with Crippen LogP contribution in [0.1, 0.15) is 21.6 Å². The molecule has 1 aliphatic heterocycles. The molecule has 0 spiro atoms. The van der Waals surface area contributed by atoms with Gasteiger partial charge in [-0.3, -0.25) is 0 Å². The molecule has 0 aliphatic carbocycles. The third-order valence-corrected chi connectivity index (χ3v) is 3.04. The highest BCUT2D eigenvalue weighted by atomic mass is 16.5. The average Bonchev–Trinajstić information content (AvgIpc) is 2.97. The van der Waals surface area contributed by atoms with Gasteiger partial charge in [0.1, 0.15) is 18.8 Å². The average molecular weight is 258 g/mol. The summed E-state index contributed by atoms with van der Waals surface area (Å²) in [5.74, 6) is 0.139. The maximum Gasteiger partial charge on any atom is 0.345 e. The maximum atomic E-state index is 12.1. The number of hydrogen-bond acceptors (Lipinski definition) is 4. The van der Waals surface area contributed by atoms with E-state index in [4.69, 9.17) is 9.47 Å². The summed E-state index contributed by atoms with van der Waals surface area (Å²) < 4.78 is 12.4. The van der Waals surface area contributed by atoms with E-state index < -0.39 is 0 Å². The first-order valence-corrected chi connectivity index (χ1v) is 6.17. The molecule has 0 saturated carbocycles. The van der Waals surface area contributed by atoms with E-state index in [9.17, 15) is 4.79 Å². The number of esters is 1. The highest BCUT2D eigenvalue weighted by Crippen LogP contribution is 2.26. The maximum absolute atomic E-state index is 12.1. The summed E-state index contributed by atoms with van der Waals surface area (Å²) in [5, 5.41) is 4.26. The predicted molar refractivity (Wildman–Crippen MR) is 68.0 cm³/mol. The first-order chi connectivity index (χ1) is 9.25. The Kier molecular flexibility index (Phi) is 2.95. The Hall–Kier alpha value is -2.30. The Morgan fingerprint density at radius 3 is 3.00 bits per heavy atom. The van der Waals surface area contributed by atoms with E-state index in [0.29, 0.717) is 30.3 Å². The Morgan fingerprint density at radius 1 is 1.42 bits per heavy atom. The molecule has 5 nitrogen and oxygen atoms in total. The minimum Gasteiger partial charge on any atom is -0.475 e. The number of fused-ring (bicyclic) bond motifs is 1. The number of hydrogen-bond donors (Lipinski definition) is 0. The molecule has 1 aromatic heterocycles. The summed E-state index contributed by atoms with van der Waals surface area (Å²) in [5.41, 5.74) is 2.04. The van der Waals surface area contributed by atoms with E-state index in [-0.39, 0.29) is 12.6 Å². The van der Waals surface area contributed by atoms with Crippen molar-refractivity contribution in [1.82, 2.24) is 9.78 Å². The molecule has 98 valence electrons. The number of nitrogens with zero attached hydrogens (tertiary/aromatic N) is 2. The van der Waals surface area contributed by atoms with Gasteiger partial charge in [0.15, 0.2) is 0 Å². The molecule has 0 amide bonds. The fraction of sp³-hybridized carbons (Fsp3) is 0.286. The molecule has 1 aliphatic rings. The molecule has 0 bridgehead atoms. The fourth-order valence-electron chi connectivity index (χ4n) is 2.12. The van der Waals surface area contributed by atoms with Crippen LogP contribution in [0.25, 0.3) is 0 Å². The lowest BCUT2D eigenvalue weighted by molar-refractivity contribution is 0.0468. The molecule has 0 fully saturated rings. The second kappa shape index (κ2) is 4.76. The predicted octanol–water partition coefficient (Wildman–Crippen LogP) is 1.94. The normalized spacial score (nSPS) is 12.9. The molecular formula is C14H14N2O3. The number of carbonyl (C=O) groups is 1. The van der Waals surface area contributed by atoms with E-state index >= 15 is 0 Å². The van der Waals surface area contributed by atoms with E-state index in [1.165, 1.54) is 0 Å². The van der Waals surface area contributed by atoms with Crippen molar-refractivity contribution in [2.75, 3.05) is 6.61 Å². The molecule has 0 radical (unpaired) electrons. The molecule has 19 heavy (non-hydrogen) atoms. The van der Waals surface area contributed by atoms with Gasteiger partial charge in [-0.1, -0.05) is 30.3 Å². The molecule has 0 atom stereocenters. The zero-order valence-corrected chi connectivity index (χ0v) is 10.6. The second-order valence-electron chi connectivity index (χ2n) is 4.40. The first kappa shape index (κ1) is 11.8. The van der Waals surface area contributed by atoms with Gasteiger partial charge < -0.3 is 9.47 Å². The van der Waals surface area contributed by atoms with Gasteiger partial charge in [-0.2, -0.15) is 5.10 Å². The summed E-state index contributed by atoms with van der Waals surface area (Å²) in [6, 6.07) is 9.58. The second-order valence-corrected chi connectivity index (χ2v) is 4.40. The van der Waals surface area contributed by atoms with Gasteiger partial charge >= 0.3 is 5.97 Å². The molecule has 3 rings (SSSR count). The van der Waals surface area contributed by atoms with Crippen LogP contribution < -0.4 is 4.74 Å². The van der Waals surface area contributed by atoms with Crippen LogP contribution in [0.2, 0.25) is 0 Å². The minimum atomic E-state index is -0.385. The van der Waals surface area contributed by atoms with E-state index in [2.05, 4.69) is 5.10 Å². The molecule has 0 unspecified atom stereocenters. The van der Waals surface area contributed by atoms with Crippen LogP contribution in [0.4, 0.5) is 0 Å². The van der Waals surface area contributed by atoms with Gasteiger partial charge in [0.25, 0.3) is 0 Å². The van der Waals surface area contributed by atoms with Gasteiger partial charge in [-0.15, -0.1) is 0 Å². The zero-order valence-electron chi connectivity index (χ0n) is 10.6. The number of benzene rings is 1. The highest BCUT2D eigenvalue weighted by Gasteiger charge is 2.27. The monoisotopic (exact) mass is 258 g/mol. The third-order valence-electron chi connectivity index (χ3n) is 3.04. The summed E-state index contributed by atoms with van der Waals surface area (Å²) in [6.07, 6.45) is 0. The van der Waals surface area contributed by atoms with Crippen LogP contribution in [0, 0.1) is 6.92 Å². The van der Waals surface area contributed by atoms with Crippen LogP contribution in [0.5, 0.6) is 5.88 Å². The summed E-state index contributed by atoms with van der Waals surface area (Å²) in [7, 11) is 0. The Labute approximate surface area is 110 Å². The SMILES string of the molecule is Cc1nn2c(c1C(=O)OCc1ccccc1)OCC2. The van der Waals surface area contributed by atoms with E-state index in [1.807, 2.05) is 30.3 Å². The van der Waals surface area contributed by atoms with Crippen LogP contribution >= 0.6 is 0 Å². The van der Waals surface area contributed by atoms with Crippen molar-refractivity contribution >= 4 is 5.97 Å². The van der Waals surface area contributed by atoms with Crippen molar-refractivity contribution in [3.63, 3.8) is 0 Å². The lowest BCUT2D eigenvalue weighted by atomic mass is 10.2. The highest BCUT2D eigenvalue weighted by molar-refractivity contribution is 5.93. The zero-order chi connectivity index (χ0) is 13.2. The number of carbonyl (C=O) groups excluding carboxylic acids is 1. The van der Waals surface area contributed by atoms with Crippen molar-refractivity contribution < 1.29 is 14.3 Å². The Bertz CT molecular complexity index is 605. The summed E-state index contributed by atoms with van der Waals surface area (Å²) in [6.45, 7) is 3.28. The molecule has 2 aromatic rings. The quantitative estimate of drug-likeness (QED) is 0.789.